The molecule has 8 saturated heterocycles. The van der Waals surface area contributed by atoms with E-state index >= 15 is 13.2 Å². The second-order valence-electron chi connectivity index (χ2n) is 30.3. The van der Waals surface area contributed by atoms with Crippen molar-refractivity contribution < 1.29 is 153 Å². The molecule has 8 aliphatic rings. The Balaban J connectivity index is 0.000000134. The number of aromatic nitrogens is 24. The minimum absolute atomic E-state index is 0.0136. The Morgan fingerprint density at radius 2 is 0.866 bits per heavy atom. The molecule has 0 amide bonds. The molecule has 0 aliphatic carbocycles. The predicted molar refractivity (Wildman–Crippen MR) is 433 cm³/mol. The second-order valence-corrected chi connectivity index (χ2v) is 38.1. The van der Waals surface area contributed by atoms with E-state index in [4.69, 9.17) is 122 Å². The van der Waals surface area contributed by atoms with Crippen LogP contribution in [0.3, 0.4) is 0 Å². The Morgan fingerprint density at radius 3 is 1.32 bits per heavy atom. The average Bonchev–Trinajstić information content (AvgIpc) is 1.61. The topological polar surface area (TPSA) is 868 Å². The molecule has 4 bridgehead atoms. The van der Waals surface area contributed by atoms with Gasteiger partial charge in [0.15, 0.2) is 118 Å². The van der Waals surface area contributed by atoms with Crippen LogP contribution < -0.4 is 51.1 Å². The molecular formula is C62H74F3N30O33P6+. The summed E-state index contributed by atoms with van der Waals surface area (Å²) in [7, 11) is -26.7. The van der Waals surface area contributed by atoms with Gasteiger partial charge >= 0.3 is 47.4 Å². The maximum Gasteiger partial charge on any atom is 0.694 e. The summed E-state index contributed by atoms with van der Waals surface area (Å²) in [4.78, 5) is 166. The third kappa shape index (κ3) is 18.7. The number of phosphoric ester groups is 5. The van der Waals surface area contributed by atoms with Gasteiger partial charge in [-0.1, -0.05) is 6.92 Å². The van der Waals surface area contributed by atoms with Crippen LogP contribution in [-0.2, 0) is 110 Å². The van der Waals surface area contributed by atoms with Crippen LogP contribution in [0.1, 0.15) is 57.1 Å². The number of imidazole rings is 6. The number of methoxy groups -OCH3 is 1. The van der Waals surface area contributed by atoms with Crippen LogP contribution in [0.2, 0.25) is 0 Å². The van der Waals surface area contributed by atoms with Crippen molar-refractivity contribution in [3.8, 4) is 0 Å². The van der Waals surface area contributed by atoms with Crippen LogP contribution in [0, 0.1) is 5.92 Å². The van der Waals surface area contributed by atoms with Gasteiger partial charge in [0.05, 0.1) is 89.3 Å². The van der Waals surface area contributed by atoms with E-state index in [1.165, 1.54) is 47.9 Å². The molecule has 720 valence electrons. The molecule has 134 heavy (non-hydrogen) atoms. The van der Waals surface area contributed by atoms with Crippen LogP contribution in [0.5, 0.6) is 0 Å². The number of alkyl halides is 3. The summed E-state index contributed by atoms with van der Waals surface area (Å²) in [5, 5.41) is 0. The van der Waals surface area contributed by atoms with Crippen LogP contribution in [0.25, 0.3) is 67.0 Å². The first-order chi connectivity index (χ1) is 63.7. The fourth-order valence-electron chi connectivity index (χ4n) is 16.1. The Hall–Kier alpha value is -10.4. The zero-order valence-corrected chi connectivity index (χ0v) is 73.3. The maximum atomic E-state index is 15.9. The molecule has 72 heteroatoms. The molecule has 20 heterocycles. The van der Waals surface area contributed by atoms with Gasteiger partial charge in [0.1, 0.15) is 103 Å². The average molecular weight is 2010 g/mol. The lowest BCUT2D eigenvalue weighted by molar-refractivity contribution is -0.0670. The zero-order valence-electron chi connectivity index (χ0n) is 67.9. The molecule has 28 atom stereocenters. The highest BCUT2D eigenvalue weighted by Gasteiger charge is 2.58. The number of phosphoric acid groups is 5. The van der Waals surface area contributed by atoms with E-state index in [0.29, 0.717) is 11.2 Å². The van der Waals surface area contributed by atoms with Crippen molar-refractivity contribution in [1.29, 1.82) is 0 Å². The van der Waals surface area contributed by atoms with E-state index in [0.717, 1.165) is 39.0 Å². The van der Waals surface area contributed by atoms with Crippen molar-refractivity contribution in [2.24, 2.45) is 5.92 Å². The number of fused-ring (bicyclic) bond motifs is 12. The molecule has 12 aromatic rings. The SMILES string of the molecule is CO[C@H]1[C@@H](C)[C@H](n2cnc3c(N)ncnc32)O[C@@H]1COP(=O)(O)O[C@@H]1C[C@@H](CO[P+](=O)O)O[C@H]1n1cnc2c(=O)[nH]c(N)nc21.Nc1nc2c(ncn2[C@@H]2O[C@@H]3COP(=O)(O)OC4[C@@H](COP(=O)(O)O[C@H]2C3)O[C@@H](n2cnc3c(N)ncnc32)[C@H]4F)c(=O)[nH]1.Nc1nc2c(ncn2[C@@H]2O[C@@H]3COP(=O)(O)OC4[C@@H](COP(=O)(O)O[C@H]2C3F)O[C@@H](n2cnc3c(N)ncnc32)[C@H]4F)c(=O)[nH]1. The normalized spacial score (nSPS) is 34.3. The van der Waals surface area contributed by atoms with Gasteiger partial charge in [-0.3, -0.25) is 102 Å². The van der Waals surface area contributed by atoms with Crippen molar-refractivity contribution in [2.75, 3.05) is 81.2 Å². The number of nitrogens with zero attached hydrogens (tertiary/aromatic N) is 21. The van der Waals surface area contributed by atoms with E-state index in [-0.39, 0.29) is 116 Å². The molecule has 8 fully saturated rings. The van der Waals surface area contributed by atoms with Crippen molar-refractivity contribution in [3.05, 3.63) is 88.0 Å². The number of nitrogen functional groups attached to an aromatic ring is 6. The number of ether oxygens (including phenoxy) is 7. The molecule has 9 unspecified atom stereocenters. The van der Waals surface area contributed by atoms with Crippen molar-refractivity contribution in [1.82, 2.24) is 117 Å². The van der Waals surface area contributed by atoms with Gasteiger partial charge in [-0.15, -0.1) is 9.42 Å². The third-order valence-electron chi connectivity index (χ3n) is 21.9. The van der Waals surface area contributed by atoms with E-state index in [2.05, 4.69) is 89.7 Å². The second kappa shape index (κ2) is 36.6. The summed E-state index contributed by atoms with van der Waals surface area (Å²) in [6.07, 6.45) is -20.3. The summed E-state index contributed by atoms with van der Waals surface area (Å²) in [6, 6.07) is 0. The van der Waals surface area contributed by atoms with Crippen LogP contribution in [0.4, 0.5) is 48.5 Å². The molecule has 0 spiro atoms. The molecular weight excluding hydrogens is 1940 g/mol. The Labute approximate surface area is 740 Å². The molecule has 0 aromatic carbocycles. The first-order valence-corrected chi connectivity index (χ1v) is 47.7. The van der Waals surface area contributed by atoms with Crippen molar-refractivity contribution in [2.45, 2.75) is 149 Å². The number of hydrogen-bond donors (Lipinski definition) is 15. The molecule has 8 aliphatic heterocycles. The smallest absolute Gasteiger partial charge is 0.382 e. The fourth-order valence-corrected chi connectivity index (χ4v) is 21.1. The van der Waals surface area contributed by atoms with Gasteiger partial charge in [0.2, 0.25) is 17.8 Å². The van der Waals surface area contributed by atoms with Crippen LogP contribution >= 0.6 is 47.4 Å². The van der Waals surface area contributed by atoms with Gasteiger partial charge in [-0.05, 0) is 0 Å². The first kappa shape index (κ1) is 94.0. The lowest BCUT2D eigenvalue weighted by Crippen LogP contribution is -2.34. The highest BCUT2D eigenvalue weighted by Crippen LogP contribution is 2.58. The van der Waals surface area contributed by atoms with E-state index in [1.54, 1.807) is 4.57 Å². The van der Waals surface area contributed by atoms with E-state index < -0.39 is 226 Å². The Morgan fingerprint density at radius 1 is 0.470 bits per heavy atom. The molecule has 21 N–H and O–H groups in total. The lowest BCUT2D eigenvalue weighted by Gasteiger charge is -2.25. The van der Waals surface area contributed by atoms with E-state index in [9.17, 15) is 66.2 Å². The molecule has 0 radical (unpaired) electrons. The van der Waals surface area contributed by atoms with Gasteiger partial charge < -0.3 is 92.0 Å². The number of nitrogens with one attached hydrogen (secondary N) is 3. The summed E-state index contributed by atoms with van der Waals surface area (Å²) in [5.74, 6) is -0.832. The third-order valence-corrected chi connectivity index (χ3v) is 27.2. The number of H-pyrrole nitrogens is 3. The number of rotatable bonds is 15. The quantitative estimate of drug-likeness (QED) is 0.0570. The molecule has 63 nitrogen and oxygen atoms in total. The Kier molecular flexibility index (Phi) is 25.6. The van der Waals surface area contributed by atoms with Gasteiger partial charge in [0, 0.05) is 30.4 Å². The number of hydrogen-bond acceptors (Lipinski definition) is 48. The van der Waals surface area contributed by atoms with Gasteiger partial charge in [0.25, 0.3) is 16.7 Å². The van der Waals surface area contributed by atoms with Gasteiger partial charge in [-0.25, -0.2) is 95.8 Å². The standard InChI is InChI=1S/C22H28N10O11P2.C20H22F2N10O11P2.C20H23FN10O11P2/c1-9-15(38-2)12(42-20(9)31-7-27-13-16(23)25-6-26-17(13)31)5-40-45(36,37)43-11-3-10(4-39-44(34)35)41-21(11)32-8-28-14-18(32)29-22(24)30-19(14)33;21-8-6-1-38-44(34,35)42-12-7(41-18(9(12)22)31-4-27-10-14(23)25-3-26-15(10)31)2-39-45(36,37)43-13(8)19(40-6)32-5-28-11-16(32)29-20(24)30-17(11)33;21-10-13-9(40-19(10)30-5-26-11-14(22)24-4-25-15(11)30)3-38-43(33,34)41-8-1-7(2-37-44(35,36)42-13)39-18(8)31-6-27-12-16(31)28-20(23)29-17(12)32/h6-12,15,20-21H,3-5H2,1-2H3,(H6-,23,24,25,26,29,30,33,34,35,36,37);3-9,12-13,18-19H,1-2H2,(H,34,35)(H,36,37)(H2,23,25,26)(H3,24,29,30,33);4-10,13,18-19H,1-3H2,(H,33,34)(H,35,36)(H2,22,24,25)(H3,23,28,29,32)/p+1/t9-,10+,11-,12-,15+,20-,21-;6-,7-,8?,9+,12?,13+,18-,19-;7-,8-,9+,10-,13?,18+,19+/m110/s1. The zero-order chi connectivity index (χ0) is 94.8. The number of halogens is 3. The fraction of sp³-hybridized carbons (Fsp3) is 0.516. The summed E-state index contributed by atoms with van der Waals surface area (Å²) < 4.78 is 229. The molecule has 12 aromatic heterocycles. The highest BCUT2D eigenvalue weighted by molar-refractivity contribution is 7.48. The molecule has 0 saturated carbocycles. The number of aromatic amines is 3. The largest absolute Gasteiger partial charge is 0.694 e. The highest BCUT2D eigenvalue weighted by atomic mass is 31.2. The molecule has 20 rings (SSSR count). The number of anilines is 6. The lowest BCUT2D eigenvalue weighted by atomic mass is 10.0. The maximum absolute atomic E-state index is 15.9. The summed E-state index contributed by atoms with van der Waals surface area (Å²) in [5.41, 5.74) is 33.1. The summed E-state index contributed by atoms with van der Waals surface area (Å²) in [6.45, 7) is -2.24. The monoisotopic (exact) mass is 2010 g/mol. The minimum atomic E-state index is -5.23. The minimum Gasteiger partial charge on any atom is -0.382 e. The van der Waals surface area contributed by atoms with Crippen molar-refractivity contribution >= 4 is 150 Å². The first-order valence-electron chi connectivity index (χ1n) is 39.1. The van der Waals surface area contributed by atoms with Crippen LogP contribution in [-0.4, -0.2) is 285 Å². The number of nitrogens with two attached hydrogens (primary N) is 6. The van der Waals surface area contributed by atoms with Crippen molar-refractivity contribution in [3.63, 3.8) is 0 Å². The Bertz CT molecular complexity index is 6960. The summed E-state index contributed by atoms with van der Waals surface area (Å²) >= 11 is 0. The van der Waals surface area contributed by atoms with Crippen LogP contribution in [0.15, 0.2) is 71.3 Å². The van der Waals surface area contributed by atoms with E-state index in [1.807, 2.05) is 6.92 Å². The van der Waals surface area contributed by atoms with Gasteiger partial charge in [-0.2, -0.15) is 15.0 Å². The predicted octanol–water partition coefficient (Wildman–Crippen LogP) is -0.594.